The second-order valence-corrected chi connectivity index (χ2v) is 10.5. The zero-order chi connectivity index (χ0) is 22.3. The minimum Gasteiger partial charge on any atom is -0.368 e. The molecule has 166 valence electrons. The summed E-state index contributed by atoms with van der Waals surface area (Å²) >= 11 is 0. The van der Waals surface area contributed by atoms with Crippen LogP contribution >= 0.6 is 0 Å². The van der Waals surface area contributed by atoms with Gasteiger partial charge in [-0.2, -0.15) is 0 Å². The van der Waals surface area contributed by atoms with E-state index >= 15 is 0 Å². The van der Waals surface area contributed by atoms with Gasteiger partial charge < -0.3 is 4.74 Å². The molecule has 1 heteroatoms. The largest absolute Gasteiger partial charge is 0.368 e. The number of rotatable bonds is 5. The number of ether oxygens (including phenoxy) is 1. The molecule has 32 heavy (non-hydrogen) atoms. The van der Waals surface area contributed by atoms with Gasteiger partial charge in [-0.3, -0.25) is 0 Å². The molecule has 5 rings (SSSR count). The molecule has 0 aliphatic heterocycles. The lowest BCUT2D eigenvalue weighted by atomic mass is 9.78. The van der Waals surface area contributed by atoms with E-state index in [-0.39, 0.29) is 5.60 Å². The van der Waals surface area contributed by atoms with Crippen molar-refractivity contribution < 1.29 is 4.74 Å². The molecule has 1 nitrogen and oxygen atoms in total. The van der Waals surface area contributed by atoms with Crippen LogP contribution in [0.3, 0.4) is 0 Å². The van der Waals surface area contributed by atoms with Crippen molar-refractivity contribution in [3.63, 3.8) is 0 Å². The Morgan fingerprint density at radius 2 is 1.28 bits per heavy atom. The van der Waals surface area contributed by atoms with Crippen LogP contribution in [0, 0.1) is 11.8 Å². The lowest BCUT2D eigenvalue weighted by Crippen LogP contribution is -2.32. The quantitative estimate of drug-likeness (QED) is 0.290. The number of hydrogen-bond donors (Lipinski definition) is 0. The first-order chi connectivity index (χ1) is 15.4. The Morgan fingerprint density at radius 3 is 1.88 bits per heavy atom. The van der Waals surface area contributed by atoms with E-state index in [4.69, 9.17) is 4.74 Å². The average molecular weight is 425 g/mol. The van der Waals surface area contributed by atoms with Crippen molar-refractivity contribution in [3.8, 4) is 0 Å². The van der Waals surface area contributed by atoms with E-state index in [1.165, 1.54) is 70.0 Å². The highest BCUT2D eigenvalue weighted by Crippen LogP contribution is 2.37. The molecule has 1 saturated carbocycles. The maximum absolute atomic E-state index is 6.72. The first-order valence-electron chi connectivity index (χ1n) is 12.5. The fourth-order valence-corrected chi connectivity index (χ4v) is 5.66. The predicted molar refractivity (Wildman–Crippen MR) is 138 cm³/mol. The van der Waals surface area contributed by atoms with Gasteiger partial charge in [-0.15, -0.1) is 0 Å². The summed E-state index contributed by atoms with van der Waals surface area (Å²) in [6, 6.07) is 24.8. The number of fused-ring (bicyclic) bond motifs is 3. The van der Waals surface area contributed by atoms with Gasteiger partial charge in [0.15, 0.2) is 0 Å². The van der Waals surface area contributed by atoms with E-state index < -0.39 is 0 Å². The van der Waals surface area contributed by atoms with Gasteiger partial charge in [0.2, 0.25) is 0 Å². The van der Waals surface area contributed by atoms with Crippen LogP contribution in [0.5, 0.6) is 0 Å². The molecule has 4 aromatic carbocycles. The molecule has 0 bridgehead atoms. The molecule has 0 aromatic heterocycles. The summed E-state index contributed by atoms with van der Waals surface area (Å²) in [7, 11) is 0. The third-order valence-corrected chi connectivity index (χ3v) is 7.98. The Balaban J connectivity index is 1.40. The minimum atomic E-state index is -0.277. The monoisotopic (exact) mass is 424 g/mol. The Morgan fingerprint density at radius 1 is 0.750 bits per heavy atom. The number of hydrogen-bond acceptors (Lipinski definition) is 1. The van der Waals surface area contributed by atoms with Crippen molar-refractivity contribution in [3.05, 3.63) is 72.3 Å². The Labute approximate surface area is 192 Å². The Kier molecular flexibility index (Phi) is 5.72. The van der Waals surface area contributed by atoms with Crippen molar-refractivity contribution in [1.29, 1.82) is 0 Å². The predicted octanol–water partition coefficient (Wildman–Crippen LogP) is 9.00. The molecule has 1 aliphatic carbocycles. The van der Waals surface area contributed by atoms with Gasteiger partial charge in [0.05, 0.1) is 11.7 Å². The first-order valence-corrected chi connectivity index (χ1v) is 12.5. The van der Waals surface area contributed by atoms with Gasteiger partial charge in [-0.1, -0.05) is 56.7 Å². The molecule has 4 aromatic rings. The van der Waals surface area contributed by atoms with E-state index in [0.717, 1.165) is 11.8 Å². The number of benzene rings is 4. The van der Waals surface area contributed by atoms with Crippen LogP contribution in [0.15, 0.2) is 66.7 Å². The van der Waals surface area contributed by atoms with Gasteiger partial charge in [0.1, 0.15) is 0 Å². The smallest absolute Gasteiger partial charge is 0.0879 e. The topological polar surface area (TPSA) is 9.23 Å². The van der Waals surface area contributed by atoms with Crippen LogP contribution in [0.2, 0.25) is 0 Å². The lowest BCUT2D eigenvalue weighted by molar-refractivity contribution is -0.0954. The highest BCUT2D eigenvalue weighted by Gasteiger charge is 2.30. The SMILES string of the molecule is CCC(C)C1CCC(OC(C)(C)c2ccc3cc4cc5ccccc5cc4cc3c2)CC1. The highest BCUT2D eigenvalue weighted by atomic mass is 16.5. The molecule has 1 unspecified atom stereocenters. The molecule has 0 radical (unpaired) electrons. The van der Waals surface area contributed by atoms with E-state index in [0.29, 0.717) is 6.10 Å². The summed E-state index contributed by atoms with van der Waals surface area (Å²) in [5, 5.41) is 7.79. The van der Waals surface area contributed by atoms with Crippen LogP contribution in [-0.4, -0.2) is 6.10 Å². The normalized spacial score (nSPS) is 20.8. The average Bonchev–Trinajstić information content (AvgIpc) is 2.80. The van der Waals surface area contributed by atoms with Crippen LogP contribution in [0.1, 0.15) is 65.4 Å². The molecule has 0 N–H and O–H groups in total. The second-order valence-electron chi connectivity index (χ2n) is 10.5. The molecule has 1 fully saturated rings. The van der Waals surface area contributed by atoms with Crippen molar-refractivity contribution >= 4 is 32.3 Å². The fourth-order valence-electron chi connectivity index (χ4n) is 5.66. The molecular weight excluding hydrogens is 388 g/mol. The maximum atomic E-state index is 6.72. The van der Waals surface area contributed by atoms with Crippen molar-refractivity contribution in [2.24, 2.45) is 11.8 Å². The van der Waals surface area contributed by atoms with Crippen molar-refractivity contribution in [1.82, 2.24) is 0 Å². The molecule has 0 heterocycles. The van der Waals surface area contributed by atoms with Crippen molar-refractivity contribution in [2.45, 2.75) is 71.5 Å². The third kappa shape index (κ3) is 4.16. The van der Waals surface area contributed by atoms with Gasteiger partial charge in [0.25, 0.3) is 0 Å². The maximum Gasteiger partial charge on any atom is 0.0879 e. The molecular formula is C31H36O. The highest BCUT2D eigenvalue weighted by molar-refractivity contribution is 6.04. The molecule has 1 atom stereocenters. The summed E-state index contributed by atoms with van der Waals surface area (Å²) in [5.74, 6) is 1.73. The first kappa shape index (κ1) is 21.5. The minimum absolute atomic E-state index is 0.277. The lowest BCUT2D eigenvalue weighted by Gasteiger charge is -2.37. The molecule has 0 spiro atoms. The zero-order valence-electron chi connectivity index (χ0n) is 20.0. The summed E-state index contributed by atoms with van der Waals surface area (Å²) in [6.45, 7) is 9.21. The van der Waals surface area contributed by atoms with Gasteiger partial charge in [-0.05, 0) is 120 Å². The van der Waals surface area contributed by atoms with Crippen molar-refractivity contribution in [2.75, 3.05) is 0 Å². The Hall–Kier alpha value is -2.38. The summed E-state index contributed by atoms with van der Waals surface area (Å²) in [5.41, 5.74) is 0.995. The van der Waals surface area contributed by atoms with Gasteiger partial charge in [0, 0.05) is 0 Å². The van der Waals surface area contributed by atoms with E-state index in [9.17, 15) is 0 Å². The van der Waals surface area contributed by atoms with E-state index in [2.05, 4.69) is 94.4 Å². The Bertz CT molecular complexity index is 1240. The third-order valence-electron chi connectivity index (χ3n) is 7.98. The van der Waals surface area contributed by atoms with Crippen LogP contribution in [-0.2, 0) is 10.3 Å². The molecule has 1 aliphatic rings. The summed E-state index contributed by atoms with van der Waals surface area (Å²) < 4.78 is 6.72. The molecule has 0 saturated heterocycles. The van der Waals surface area contributed by atoms with Crippen LogP contribution in [0.25, 0.3) is 32.3 Å². The summed E-state index contributed by atoms with van der Waals surface area (Å²) in [4.78, 5) is 0. The zero-order valence-corrected chi connectivity index (χ0v) is 20.0. The van der Waals surface area contributed by atoms with Gasteiger partial charge >= 0.3 is 0 Å². The van der Waals surface area contributed by atoms with E-state index in [1.54, 1.807) is 0 Å². The fraction of sp³-hybridized carbons (Fsp3) is 0.419. The second kappa shape index (κ2) is 8.52. The molecule has 0 amide bonds. The summed E-state index contributed by atoms with van der Waals surface area (Å²) in [6.07, 6.45) is 6.70. The van der Waals surface area contributed by atoms with Crippen LogP contribution in [0.4, 0.5) is 0 Å². The van der Waals surface area contributed by atoms with Gasteiger partial charge in [-0.25, -0.2) is 0 Å². The standard InChI is InChI=1S/C31H36O/c1-5-21(2)22-11-14-30(15-12-22)32-31(3,4)29-13-10-25-18-26-16-23-8-6-7-9-24(23)17-27(26)19-28(25)20-29/h6-10,13,16-22,30H,5,11-12,14-15H2,1-4H3. The van der Waals surface area contributed by atoms with E-state index in [1.807, 2.05) is 0 Å². The van der Waals surface area contributed by atoms with Crippen LogP contribution < -0.4 is 0 Å².